The molecule has 0 amide bonds. The van der Waals surface area contributed by atoms with Gasteiger partial charge in [0.05, 0.1) is 6.61 Å². The van der Waals surface area contributed by atoms with Crippen LogP contribution in [-0.2, 0) is 0 Å². The summed E-state index contributed by atoms with van der Waals surface area (Å²) in [4.78, 5) is 12.3. The van der Waals surface area contributed by atoms with Crippen LogP contribution in [0.2, 0.25) is 0 Å². The molecule has 0 aliphatic rings. The van der Waals surface area contributed by atoms with Crippen LogP contribution >= 0.6 is 0 Å². The summed E-state index contributed by atoms with van der Waals surface area (Å²) in [5, 5.41) is 0. The highest BCUT2D eigenvalue weighted by atomic mass is 16.5. The molecule has 2 heteroatoms. The summed E-state index contributed by atoms with van der Waals surface area (Å²) in [7, 11) is 0. The first-order chi connectivity index (χ1) is 8.86. The summed E-state index contributed by atoms with van der Waals surface area (Å²) >= 11 is 0. The number of hydrogen-bond acceptors (Lipinski definition) is 2. The van der Waals surface area contributed by atoms with Crippen LogP contribution < -0.4 is 4.74 Å². The first-order valence-electron chi connectivity index (χ1n) is 7.13. The molecule has 106 valence electrons. The van der Waals surface area contributed by atoms with E-state index in [1.165, 1.54) is 0 Å². The van der Waals surface area contributed by atoms with Gasteiger partial charge in [0.2, 0.25) is 0 Å². The van der Waals surface area contributed by atoms with Crippen LogP contribution in [-0.4, -0.2) is 12.4 Å². The van der Waals surface area contributed by atoms with E-state index in [2.05, 4.69) is 27.7 Å². The number of Topliss-reactive ketones (excluding diaryl/α,β-unsaturated/α-hetero) is 1. The van der Waals surface area contributed by atoms with Crippen LogP contribution in [0, 0.1) is 11.3 Å². The highest BCUT2D eigenvalue weighted by molar-refractivity contribution is 5.98. The van der Waals surface area contributed by atoms with Gasteiger partial charge in [-0.25, -0.2) is 0 Å². The highest BCUT2D eigenvalue weighted by Crippen LogP contribution is 2.28. The van der Waals surface area contributed by atoms with Crippen LogP contribution in [0.25, 0.3) is 0 Å². The zero-order valence-electron chi connectivity index (χ0n) is 12.8. The standard InChI is InChI=1S/C17H26O2/c1-6-7-12-19-15-10-8-14(9-11-15)16(18)13(2)17(3,4)5/h8-11,13H,6-7,12H2,1-5H3. The van der Waals surface area contributed by atoms with Crippen molar-refractivity contribution in [2.45, 2.75) is 47.5 Å². The third-order valence-electron chi connectivity index (χ3n) is 3.60. The van der Waals surface area contributed by atoms with Crippen LogP contribution in [0.3, 0.4) is 0 Å². The molecule has 0 N–H and O–H groups in total. The maximum atomic E-state index is 12.3. The van der Waals surface area contributed by atoms with Gasteiger partial charge in [0.1, 0.15) is 5.75 Å². The lowest BCUT2D eigenvalue weighted by molar-refractivity contribution is 0.0839. The van der Waals surface area contributed by atoms with E-state index in [4.69, 9.17) is 4.74 Å². The largest absolute Gasteiger partial charge is 0.494 e. The van der Waals surface area contributed by atoms with Crippen LogP contribution in [0.15, 0.2) is 24.3 Å². The second-order valence-electron chi connectivity index (χ2n) is 6.18. The topological polar surface area (TPSA) is 26.3 Å². The normalized spacial score (nSPS) is 13.1. The van der Waals surface area contributed by atoms with Crippen LogP contribution in [0.4, 0.5) is 0 Å². The molecule has 0 fully saturated rings. The quantitative estimate of drug-likeness (QED) is 0.547. The molecule has 1 aromatic carbocycles. The van der Waals surface area contributed by atoms with Crippen LogP contribution in [0.5, 0.6) is 5.75 Å². The van der Waals surface area contributed by atoms with Gasteiger partial charge >= 0.3 is 0 Å². The van der Waals surface area contributed by atoms with Crippen molar-refractivity contribution in [3.8, 4) is 5.75 Å². The Hall–Kier alpha value is -1.31. The Morgan fingerprint density at radius 3 is 2.26 bits per heavy atom. The fourth-order valence-corrected chi connectivity index (χ4v) is 1.69. The molecule has 0 aromatic heterocycles. The van der Waals surface area contributed by atoms with Crippen molar-refractivity contribution in [3.63, 3.8) is 0 Å². The number of benzene rings is 1. The van der Waals surface area contributed by atoms with Crippen molar-refractivity contribution in [2.24, 2.45) is 11.3 Å². The fraction of sp³-hybridized carbons (Fsp3) is 0.588. The maximum absolute atomic E-state index is 12.3. The molecule has 0 heterocycles. The second kappa shape index (κ2) is 6.74. The maximum Gasteiger partial charge on any atom is 0.166 e. The molecule has 0 bridgehead atoms. The van der Waals surface area contributed by atoms with E-state index in [-0.39, 0.29) is 17.1 Å². The van der Waals surface area contributed by atoms with E-state index in [1.807, 2.05) is 31.2 Å². The summed E-state index contributed by atoms with van der Waals surface area (Å²) in [5.74, 6) is 1.06. The molecule has 0 spiro atoms. The predicted octanol–water partition coefficient (Wildman–Crippen LogP) is 4.73. The molecule has 1 rings (SSSR count). The van der Waals surface area contributed by atoms with Gasteiger partial charge in [-0.15, -0.1) is 0 Å². The van der Waals surface area contributed by atoms with Gasteiger partial charge in [0.15, 0.2) is 5.78 Å². The third kappa shape index (κ3) is 4.70. The monoisotopic (exact) mass is 262 g/mol. The molecule has 0 aliphatic heterocycles. The molecular formula is C17H26O2. The third-order valence-corrected chi connectivity index (χ3v) is 3.60. The van der Waals surface area contributed by atoms with Gasteiger partial charge in [-0.1, -0.05) is 41.0 Å². The summed E-state index contributed by atoms with van der Waals surface area (Å²) in [6.45, 7) is 11.2. The number of unbranched alkanes of at least 4 members (excludes halogenated alkanes) is 1. The summed E-state index contributed by atoms with van der Waals surface area (Å²) in [6, 6.07) is 7.51. The van der Waals surface area contributed by atoms with Crippen molar-refractivity contribution in [2.75, 3.05) is 6.61 Å². The summed E-state index contributed by atoms with van der Waals surface area (Å²) < 4.78 is 5.60. The number of hydrogen-bond donors (Lipinski definition) is 0. The zero-order chi connectivity index (χ0) is 14.5. The smallest absolute Gasteiger partial charge is 0.166 e. The molecule has 1 atom stereocenters. The number of carbonyl (C=O) groups is 1. The van der Waals surface area contributed by atoms with Gasteiger partial charge < -0.3 is 4.74 Å². The SMILES string of the molecule is CCCCOc1ccc(C(=O)C(C)C(C)(C)C)cc1. The van der Waals surface area contributed by atoms with Crippen molar-refractivity contribution >= 4 is 5.78 Å². The highest BCUT2D eigenvalue weighted by Gasteiger charge is 2.27. The lowest BCUT2D eigenvalue weighted by atomic mass is 9.78. The number of carbonyl (C=O) groups excluding carboxylic acids is 1. The van der Waals surface area contributed by atoms with E-state index in [9.17, 15) is 4.79 Å². The van der Waals surface area contributed by atoms with Gasteiger partial charge in [0, 0.05) is 11.5 Å². The Kier molecular flexibility index (Phi) is 5.59. The van der Waals surface area contributed by atoms with E-state index < -0.39 is 0 Å². The Bertz CT molecular complexity index is 398. The average molecular weight is 262 g/mol. The number of rotatable bonds is 6. The van der Waals surface area contributed by atoms with Crippen molar-refractivity contribution in [1.82, 2.24) is 0 Å². The minimum Gasteiger partial charge on any atom is -0.494 e. The number of ether oxygens (including phenoxy) is 1. The molecule has 0 radical (unpaired) electrons. The minimum atomic E-state index is -0.00657. The first-order valence-corrected chi connectivity index (χ1v) is 7.13. The first kappa shape index (κ1) is 15.7. The second-order valence-corrected chi connectivity index (χ2v) is 6.18. The van der Waals surface area contributed by atoms with E-state index in [1.54, 1.807) is 0 Å². The average Bonchev–Trinajstić information content (AvgIpc) is 2.37. The molecule has 19 heavy (non-hydrogen) atoms. The predicted molar refractivity (Wildman–Crippen MR) is 79.8 cm³/mol. The van der Waals surface area contributed by atoms with Gasteiger partial charge in [0.25, 0.3) is 0 Å². The zero-order valence-corrected chi connectivity index (χ0v) is 12.8. The van der Waals surface area contributed by atoms with Crippen LogP contribution in [0.1, 0.15) is 57.8 Å². The summed E-state index contributed by atoms with van der Waals surface area (Å²) in [6.07, 6.45) is 2.18. The number of ketones is 1. The van der Waals surface area contributed by atoms with Crippen molar-refractivity contribution in [1.29, 1.82) is 0 Å². The molecule has 0 aliphatic carbocycles. The lowest BCUT2D eigenvalue weighted by Crippen LogP contribution is -2.25. The molecule has 2 nitrogen and oxygen atoms in total. The van der Waals surface area contributed by atoms with Crippen molar-refractivity contribution < 1.29 is 9.53 Å². The van der Waals surface area contributed by atoms with E-state index >= 15 is 0 Å². The molecule has 0 saturated carbocycles. The van der Waals surface area contributed by atoms with Crippen molar-refractivity contribution in [3.05, 3.63) is 29.8 Å². The lowest BCUT2D eigenvalue weighted by Gasteiger charge is -2.25. The molecule has 0 saturated heterocycles. The minimum absolute atomic E-state index is 0.00657. The van der Waals surface area contributed by atoms with E-state index in [0.29, 0.717) is 0 Å². The van der Waals surface area contributed by atoms with Gasteiger partial charge in [-0.2, -0.15) is 0 Å². The molecule has 1 aromatic rings. The Balaban J connectivity index is 2.68. The summed E-state index contributed by atoms with van der Waals surface area (Å²) in [5.41, 5.74) is 0.762. The van der Waals surface area contributed by atoms with Gasteiger partial charge in [-0.3, -0.25) is 4.79 Å². The van der Waals surface area contributed by atoms with Gasteiger partial charge in [-0.05, 0) is 36.1 Å². The molecular weight excluding hydrogens is 236 g/mol. The Labute approximate surface area is 117 Å². The molecule has 1 unspecified atom stereocenters. The fourth-order valence-electron chi connectivity index (χ4n) is 1.69. The van der Waals surface area contributed by atoms with E-state index in [0.717, 1.165) is 30.8 Å². The Morgan fingerprint density at radius 1 is 1.21 bits per heavy atom. The Morgan fingerprint density at radius 2 is 1.79 bits per heavy atom.